The van der Waals surface area contributed by atoms with E-state index in [4.69, 9.17) is 10.5 Å². The topological polar surface area (TPSA) is 64.3 Å². The van der Waals surface area contributed by atoms with Gasteiger partial charge in [-0.1, -0.05) is 12.1 Å². The average Bonchev–Trinajstić information content (AvgIpc) is 2.70. The first-order valence-corrected chi connectivity index (χ1v) is 9.43. The molecule has 3 aliphatic carbocycles. The van der Waals surface area contributed by atoms with Crippen molar-refractivity contribution in [3.63, 3.8) is 0 Å². The van der Waals surface area contributed by atoms with Gasteiger partial charge in [-0.3, -0.25) is 4.79 Å². The van der Waals surface area contributed by atoms with Crippen molar-refractivity contribution in [3.8, 4) is 5.75 Å². The number of carbonyl (C=O) groups excluding carboxylic acids is 1. The van der Waals surface area contributed by atoms with Gasteiger partial charge < -0.3 is 15.8 Å². The molecule has 0 atom stereocenters. The molecule has 4 rings (SSSR count). The second-order valence-electron chi connectivity index (χ2n) is 7.88. The van der Waals surface area contributed by atoms with E-state index in [1.54, 1.807) is 7.05 Å². The number of rotatable bonds is 6. The SMILES string of the molecule is CNC(=O)C12CCC(c3ccc(OC/C(=C/F)CN)c(C)c3)(CC1)CC2. The number of benzene rings is 1. The first kappa shape index (κ1) is 18.9. The summed E-state index contributed by atoms with van der Waals surface area (Å²) in [5, 5.41) is 2.86. The monoisotopic (exact) mass is 360 g/mol. The first-order chi connectivity index (χ1) is 12.5. The van der Waals surface area contributed by atoms with Crippen molar-refractivity contribution in [3.05, 3.63) is 41.2 Å². The fourth-order valence-corrected chi connectivity index (χ4v) is 4.67. The molecule has 1 aromatic carbocycles. The van der Waals surface area contributed by atoms with Gasteiger partial charge in [-0.25, -0.2) is 4.39 Å². The van der Waals surface area contributed by atoms with Gasteiger partial charge in [0.15, 0.2) is 0 Å². The zero-order valence-corrected chi connectivity index (χ0v) is 15.7. The molecular formula is C21H29FN2O2. The number of aryl methyl sites for hydroxylation is 1. The number of halogens is 1. The smallest absolute Gasteiger partial charge is 0.225 e. The molecule has 0 aromatic heterocycles. The molecule has 0 heterocycles. The van der Waals surface area contributed by atoms with Crippen molar-refractivity contribution in [2.45, 2.75) is 50.9 Å². The molecule has 1 amide bonds. The summed E-state index contributed by atoms with van der Waals surface area (Å²) in [6.07, 6.45) is 6.58. The highest BCUT2D eigenvalue weighted by Crippen LogP contribution is 2.58. The Kier molecular flexibility index (Phi) is 5.37. The lowest BCUT2D eigenvalue weighted by Crippen LogP contribution is -2.51. The van der Waals surface area contributed by atoms with Crippen molar-refractivity contribution < 1.29 is 13.9 Å². The zero-order chi connectivity index (χ0) is 18.8. The van der Waals surface area contributed by atoms with Crippen LogP contribution in [-0.2, 0) is 10.2 Å². The van der Waals surface area contributed by atoms with Crippen molar-refractivity contribution in [2.24, 2.45) is 11.1 Å². The fourth-order valence-electron chi connectivity index (χ4n) is 4.67. The molecule has 3 aliphatic rings. The van der Waals surface area contributed by atoms with E-state index >= 15 is 0 Å². The van der Waals surface area contributed by atoms with Crippen LogP contribution in [0.15, 0.2) is 30.1 Å². The lowest BCUT2D eigenvalue weighted by Gasteiger charge is -2.52. The molecule has 4 nitrogen and oxygen atoms in total. The third-order valence-corrected chi connectivity index (χ3v) is 6.57. The van der Waals surface area contributed by atoms with Crippen LogP contribution in [-0.4, -0.2) is 26.1 Å². The summed E-state index contributed by atoms with van der Waals surface area (Å²) in [4.78, 5) is 12.3. The van der Waals surface area contributed by atoms with Crippen molar-refractivity contribution >= 4 is 5.91 Å². The van der Waals surface area contributed by atoms with Crippen LogP contribution >= 0.6 is 0 Å². The van der Waals surface area contributed by atoms with Gasteiger partial charge in [0.25, 0.3) is 0 Å². The molecule has 5 heteroatoms. The van der Waals surface area contributed by atoms with E-state index in [-0.39, 0.29) is 29.9 Å². The Morgan fingerprint density at radius 1 is 1.27 bits per heavy atom. The van der Waals surface area contributed by atoms with Crippen molar-refractivity contribution in [1.29, 1.82) is 0 Å². The molecule has 26 heavy (non-hydrogen) atoms. The van der Waals surface area contributed by atoms with Gasteiger partial charge in [0.05, 0.1) is 6.33 Å². The van der Waals surface area contributed by atoms with Gasteiger partial charge in [0.2, 0.25) is 5.91 Å². The highest BCUT2D eigenvalue weighted by Gasteiger charge is 2.52. The number of carbonyl (C=O) groups is 1. The molecule has 3 saturated carbocycles. The van der Waals surface area contributed by atoms with Crippen LogP contribution in [0.4, 0.5) is 4.39 Å². The summed E-state index contributed by atoms with van der Waals surface area (Å²) in [7, 11) is 1.74. The minimum atomic E-state index is -0.147. The molecule has 0 aliphatic heterocycles. The van der Waals surface area contributed by atoms with E-state index in [1.165, 1.54) is 5.56 Å². The maximum Gasteiger partial charge on any atom is 0.225 e. The highest BCUT2D eigenvalue weighted by molar-refractivity contribution is 5.82. The normalized spacial score (nSPS) is 28.1. The van der Waals surface area contributed by atoms with Gasteiger partial charge in [-0.05, 0) is 68.1 Å². The van der Waals surface area contributed by atoms with Gasteiger partial charge in [-0.2, -0.15) is 0 Å². The Morgan fingerprint density at radius 3 is 2.42 bits per heavy atom. The lowest BCUT2D eigenvalue weighted by atomic mass is 9.51. The summed E-state index contributed by atoms with van der Waals surface area (Å²) in [6.45, 7) is 2.36. The summed E-state index contributed by atoms with van der Waals surface area (Å²) in [5.41, 5.74) is 8.34. The molecular weight excluding hydrogens is 331 g/mol. The third kappa shape index (κ3) is 3.25. The summed E-state index contributed by atoms with van der Waals surface area (Å²) in [5.74, 6) is 0.978. The largest absolute Gasteiger partial charge is 0.489 e. The predicted octanol–water partition coefficient (Wildman–Crippen LogP) is 3.52. The molecule has 0 spiro atoms. The van der Waals surface area contributed by atoms with Crippen LogP contribution in [0, 0.1) is 12.3 Å². The van der Waals surface area contributed by atoms with Crippen LogP contribution in [0.25, 0.3) is 0 Å². The Morgan fingerprint density at radius 2 is 1.92 bits per heavy atom. The molecule has 0 saturated heterocycles. The molecule has 3 fully saturated rings. The molecule has 2 bridgehead atoms. The van der Waals surface area contributed by atoms with Crippen molar-refractivity contribution in [2.75, 3.05) is 20.2 Å². The van der Waals surface area contributed by atoms with Gasteiger partial charge in [-0.15, -0.1) is 0 Å². The molecule has 0 unspecified atom stereocenters. The number of nitrogens with two attached hydrogens (primary N) is 1. The van der Waals surface area contributed by atoms with Gasteiger partial charge in [0.1, 0.15) is 12.4 Å². The number of amides is 1. The maximum absolute atomic E-state index is 12.6. The van der Waals surface area contributed by atoms with Crippen LogP contribution in [0.3, 0.4) is 0 Å². The van der Waals surface area contributed by atoms with E-state index in [1.807, 2.05) is 13.0 Å². The molecule has 142 valence electrons. The second-order valence-corrected chi connectivity index (χ2v) is 7.88. The fraction of sp³-hybridized carbons (Fsp3) is 0.571. The van der Waals surface area contributed by atoms with Gasteiger partial charge in [0, 0.05) is 24.6 Å². The number of ether oxygens (including phenoxy) is 1. The summed E-state index contributed by atoms with van der Waals surface area (Å²) >= 11 is 0. The predicted molar refractivity (Wildman–Crippen MR) is 101 cm³/mol. The molecule has 3 N–H and O–H groups in total. The van der Waals surface area contributed by atoms with E-state index in [2.05, 4.69) is 17.4 Å². The number of hydrogen-bond donors (Lipinski definition) is 2. The minimum Gasteiger partial charge on any atom is -0.489 e. The Labute approximate surface area is 155 Å². The minimum absolute atomic E-state index is 0.147. The molecule has 1 aromatic rings. The maximum atomic E-state index is 12.6. The third-order valence-electron chi connectivity index (χ3n) is 6.57. The highest BCUT2D eigenvalue weighted by atomic mass is 19.1. The van der Waals surface area contributed by atoms with Crippen LogP contribution < -0.4 is 15.8 Å². The number of hydrogen-bond acceptors (Lipinski definition) is 3. The number of nitrogens with one attached hydrogen (secondary N) is 1. The van der Waals surface area contributed by atoms with Crippen LogP contribution in [0.5, 0.6) is 5.75 Å². The van der Waals surface area contributed by atoms with Crippen LogP contribution in [0.1, 0.15) is 49.7 Å². The quantitative estimate of drug-likeness (QED) is 0.816. The Bertz CT molecular complexity index is 689. The van der Waals surface area contributed by atoms with Crippen LogP contribution in [0.2, 0.25) is 0 Å². The Balaban J connectivity index is 1.73. The second kappa shape index (κ2) is 7.39. The molecule has 0 radical (unpaired) electrons. The van der Waals surface area contributed by atoms with E-state index in [9.17, 15) is 9.18 Å². The Hall–Kier alpha value is -1.88. The first-order valence-electron chi connectivity index (χ1n) is 9.43. The van der Waals surface area contributed by atoms with E-state index in [0.717, 1.165) is 49.8 Å². The standard InChI is InChI=1S/C21H29FN2O2/c1-15-11-17(3-4-18(15)26-14-16(12-22)13-23)20-5-8-21(9-6-20,10-7-20)19(25)24-2/h3-4,11-12H,5-10,13-14,23H2,1-2H3,(H,24,25)/b16-12+. The van der Waals surface area contributed by atoms with E-state index < -0.39 is 0 Å². The average molecular weight is 360 g/mol. The summed E-state index contributed by atoms with van der Waals surface area (Å²) < 4.78 is 18.4. The lowest BCUT2D eigenvalue weighted by molar-refractivity contribution is -0.137. The summed E-state index contributed by atoms with van der Waals surface area (Å²) in [6, 6.07) is 6.33. The van der Waals surface area contributed by atoms with E-state index in [0.29, 0.717) is 11.9 Å². The zero-order valence-electron chi connectivity index (χ0n) is 15.7. The van der Waals surface area contributed by atoms with Crippen molar-refractivity contribution in [1.82, 2.24) is 5.32 Å². The van der Waals surface area contributed by atoms with Gasteiger partial charge >= 0.3 is 0 Å². The number of fused-ring (bicyclic) bond motifs is 3.